The molecule has 2 heterocycles. The lowest BCUT2D eigenvalue weighted by Gasteiger charge is -2.30. The van der Waals surface area contributed by atoms with Crippen molar-refractivity contribution in [3.63, 3.8) is 0 Å². The number of piperidine rings is 1. The van der Waals surface area contributed by atoms with Gasteiger partial charge in [-0.05, 0) is 44.7 Å². The van der Waals surface area contributed by atoms with Gasteiger partial charge < -0.3 is 9.47 Å². The van der Waals surface area contributed by atoms with Gasteiger partial charge in [0.05, 0.1) is 12.0 Å². The first-order valence-electron chi connectivity index (χ1n) is 8.17. The molecule has 132 valence electrons. The van der Waals surface area contributed by atoms with Crippen LogP contribution in [0.4, 0.5) is 4.79 Å². The number of amides is 1. The van der Waals surface area contributed by atoms with E-state index < -0.39 is 17.7 Å². The minimum absolute atomic E-state index is 0.170. The molecule has 3 aliphatic rings. The third-order valence-corrected chi connectivity index (χ3v) is 6.09. The number of esters is 1. The summed E-state index contributed by atoms with van der Waals surface area (Å²) < 4.78 is 10.3. The number of methoxy groups -OCH3 is 1. The summed E-state index contributed by atoms with van der Waals surface area (Å²) in [6, 6.07) is 1.76. The molecule has 0 radical (unpaired) electrons. The average Bonchev–Trinajstić information content (AvgIpc) is 2.90. The predicted molar refractivity (Wildman–Crippen MR) is 90.8 cm³/mol. The molecule has 0 N–H and O–H groups in total. The highest BCUT2D eigenvalue weighted by Gasteiger charge is 2.68. The van der Waals surface area contributed by atoms with Gasteiger partial charge in [0.25, 0.3) is 0 Å². The van der Waals surface area contributed by atoms with Crippen molar-refractivity contribution in [3.05, 3.63) is 33.2 Å². The molecule has 1 saturated heterocycles. The molecule has 1 aromatic heterocycles. The Kier molecular flexibility index (Phi) is 3.23. The number of ketones is 1. The zero-order chi connectivity index (χ0) is 18.1. The number of ether oxygens (including phenoxy) is 2. The van der Waals surface area contributed by atoms with Crippen molar-refractivity contribution in [1.82, 2.24) is 4.90 Å². The summed E-state index contributed by atoms with van der Waals surface area (Å²) in [5, 5.41) is 0. The van der Waals surface area contributed by atoms with E-state index in [9.17, 15) is 14.4 Å². The van der Waals surface area contributed by atoms with Gasteiger partial charge in [-0.2, -0.15) is 0 Å². The van der Waals surface area contributed by atoms with E-state index in [0.717, 1.165) is 12.0 Å². The topological polar surface area (TPSA) is 72.9 Å². The molecule has 1 saturated carbocycles. The zero-order valence-corrected chi connectivity index (χ0v) is 15.4. The minimum atomic E-state index is -0.595. The second-order valence-corrected chi connectivity index (χ2v) is 8.75. The van der Waals surface area contributed by atoms with Gasteiger partial charge in [-0.25, -0.2) is 9.59 Å². The number of rotatable bonds is 1. The summed E-state index contributed by atoms with van der Waals surface area (Å²) in [4.78, 5) is 39.5. The van der Waals surface area contributed by atoms with E-state index in [0.29, 0.717) is 22.0 Å². The highest BCUT2D eigenvalue weighted by atomic mass is 32.1. The van der Waals surface area contributed by atoms with Crippen LogP contribution < -0.4 is 0 Å². The number of hydrogen-bond donors (Lipinski definition) is 0. The number of fused-ring (bicyclic) bond motifs is 1. The van der Waals surface area contributed by atoms with Gasteiger partial charge in [-0.1, -0.05) is 0 Å². The maximum atomic E-state index is 12.6. The van der Waals surface area contributed by atoms with Gasteiger partial charge in [0, 0.05) is 23.7 Å². The molecule has 6 nitrogen and oxygen atoms in total. The molecule has 4 rings (SSSR count). The van der Waals surface area contributed by atoms with Crippen LogP contribution in [0.1, 0.15) is 52.1 Å². The van der Waals surface area contributed by atoms with Crippen molar-refractivity contribution >= 4 is 29.2 Å². The molecule has 2 aliphatic carbocycles. The lowest BCUT2D eigenvalue weighted by molar-refractivity contribution is 0.0322. The van der Waals surface area contributed by atoms with Gasteiger partial charge in [0.1, 0.15) is 10.5 Å². The lowest BCUT2D eigenvalue weighted by atomic mass is 9.86. The Morgan fingerprint density at radius 2 is 2.08 bits per heavy atom. The van der Waals surface area contributed by atoms with E-state index in [-0.39, 0.29) is 17.1 Å². The largest absolute Gasteiger partial charge is 0.465 e. The summed E-state index contributed by atoms with van der Waals surface area (Å²) >= 11 is 1.17. The van der Waals surface area contributed by atoms with Gasteiger partial charge in [0.15, 0.2) is 5.78 Å². The van der Waals surface area contributed by atoms with Gasteiger partial charge in [-0.3, -0.25) is 9.69 Å². The van der Waals surface area contributed by atoms with E-state index in [4.69, 9.17) is 9.47 Å². The van der Waals surface area contributed by atoms with E-state index in [1.807, 2.05) is 20.8 Å². The number of nitrogens with zero attached hydrogens (tertiary/aromatic N) is 1. The number of carbonyl (C=O) groups excluding carboxylic acids is 3. The first-order valence-corrected chi connectivity index (χ1v) is 8.98. The number of carbonyl (C=O) groups is 3. The summed E-state index contributed by atoms with van der Waals surface area (Å²) in [6.07, 6.45) is 2.00. The molecule has 0 bridgehead atoms. The van der Waals surface area contributed by atoms with Crippen LogP contribution in [0, 0.1) is 5.92 Å². The SMILES string of the molecule is COC(=O)c1cc2c(s1)C(=O)C=C1N(C(=O)OC(C)(C)C)C[C@@H]3C[C@@]123. The molecule has 1 aliphatic heterocycles. The smallest absolute Gasteiger partial charge is 0.414 e. The van der Waals surface area contributed by atoms with E-state index in [1.54, 1.807) is 11.0 Å². The highest BCUT2D eigenvalue weighted by Crippen LogP contribution is 2.67. The molecule has 0 unspecified atom stereocenters. The van der Waals surface area contributed by atoms with Crippen LogP contribution in [0.3, 0.4) is 0 Å². The average molecular weight is 361 g/mol. The Hall–Kier alpha value is -2.15. The van der Waals surface area contributed by atoms with Gasteiger partial charge in [0.2, 0.25) is 0 Å². The highest BCUT2D eigenvalue weighted by molar-refractivity contribution is 7.16. The van der Waals surface area contributed by atoms with E-state index >= 15 is 0 Å². The summed E-state index contributed by atoms with van der Waals surface area (Å²) in [7, 11) is 1.32. The van der Waals surface area contributed by atoms with Crippen LogP contribution in [-0.2, 0) is 14.9 Å². The lowest BCUT2D eigenvalue weighted by Crippen LogP contribution is -2.37. The third kappa shape index (κ3) is 2.25. The second kappa shape index (κ2) is 4.94. The van der Waals surface area contributed by atoms with Gasteiger partial charge in [-0.15, -0.1) is 11.3 Å². The Morgan fingerprint density at radius 1 is 1.36 bits per heavy atom. The van der Waals surface area contributed by atoms with Crippen LogP contribution in [-0.4, -0.2) is 42.0 Å². The quantitative estimate of drug-likeness (QED) is 0.719. The zero-order valence-electron chi connectivity index (χ0n) is 14.5. The predicted octanol–water partition coefficient (Wildman–Crippen LogP) is 3.12. The second-order valence-electron chi connectivity index (χ2n) is 7.70. The number of hydrogen-bond acceptors (Lipinski definition) is 6. The number of likely N-dealkylation sites (tertiary alicyclic amines) is 1. The summed E-state index contributed by atoms with van der Waals surface area (Å²) in [5.41, 5.74) is 0.639. The molecular weight excluding hydrogens is 342 g/mol. The fourth-order valence-electron chi connectivity index (χ4n) is 3.88. The fourth-order valence-corrected chi connectivity index (χ4v) is 4.96. The summed E-state index contributed by atoms with van der Waals surface area (Å²) in [6.45, 7) is 5.99. The molecule has 1 amide bonds. The first kappa shape index (κ1) is 16.3. The van der Waals surface area contributed by atoms with Crippen molar-refractivity contribution in [3.8, 4) is 0 Å². The normalized spacial score (nSPS) is 26.4. The van der Waals surface area contributed by atoms with Crippen LogP contribution in [0.15, 0.2) is 17.8 Å². The Bertz CT molecular complexity index is 846. The first-order chi connectivity index (χ1) is 11.7. The minimum Gasteiger partial charge on any atom is -0.465 e. The molecule has 1 aromatic rings. The maximum absolute atomic E-state index is 12.6. The van der Waals surface area contributed by atoms with Gasteiger partial charge >= 0.3 is 12.1 Å². The maximum Gasteiger partial charge on any atom is 0.414 e. The van der Waals surface area contributed by atoms with Crippen LogP contribution in [0.2, 0.25) is 0 Å². The van der Waals surface area contributed by atoms with Crippen LogP contribution in [0.5, 0.6) is 0 Å². The molecule has 0 aromatic carbocycles. The van der Waals surface area contributed by atoms with E-state index in [2.05, 4.69) is 0 Å². The number of thiophene rings is 1. The Balaban J connectivity index is 1.72. The summed E-state index contributed by atoms with van der Waals surface area (Å²) in [5.74, 6) is -0.348. The Labute approximate surface area is 149 Å². The van der Waals surface area contributed by atoms with Crippen molar-refractivity contribution < 1.29 is 23.9 Å². The van der Waals surface area contributed by atoms with Crippen molar-refractivity contribution in [2.75, 3.05) is 13.7 Å². The molecular formula is C18H19NO5S. The van der Waals surface area contributed by atoms with Crippen molar-refractivity contribution in [2.45, 2.75) is 38.2 Å². The molecule has 1 spiro atoms. The van der Waals surface area contributed by atoms with Crippen molar-refractivity contribution in [2.24, 2.45) is 5.92 Å². The van der Waals surface area contributed by atoms with Crippen LogP contribution in [0.25, 0.3) is 0 Å². The third-order valence-electron chi connectivity index (χ3n) is 4.96. The molecule has 2 fully saturated rings. The fraction of sp³-hybridized carbons (Fsp3) is 0.500. The van der Waals surface area contributed by atoms with Crippen LogP contribution >= 0.6 is 11.3 Å². The Morgan fingerprint density at radius 3 is 2.72 bits per heavy atom. The van der Waals surface area contributed by atoms with E-state index in [1.165, 1.54) is 24.5 Å². The standard InChI is InChI=1S/C18H19NO5S/c1-17(2,3)24-16(22)19-8-9-7-18(9)10-5-12(15(21)23-4)25-14(10)11(20)6-13(18)19/h5-6,9H,7-8H2,1-4H3/t9-,18-/m0/s1. The van der Waals surface area contributed by atoms with Crippen molar-refractivity contribution in [1.29, 1.82) is 0 Å². The molecule has 2 atom stereocenters. The molecule has 25 heavy (non-hydrogen) atoms. The monoisotopic (exact) mass is 361 g/mol. The molecule has 7 heteroatoms. The number of allylic oxidation sites excluding steroid dienone is 2.